The number of piperidine rings is 1. The van der Waals surface area contributed by atoms with Crippen LogP contribution in [0.5, 0.6) is 0 Å². The third-order valence-electron chi connectivity index (χ3n) is 5.86. The van der Waals surface area contributed by atoms with Gasteiger partial charge < -0.3 is 9.47 Å². The van der Waals surface area contributed by atoms with Crippen molar-refractivity contribution in [3.63, 3.8) is 0 Å². The van der Waals surface area contributed by atoms with Crippen LogP contribution in [0.25, 0.3) is 11.0 Å². The van der Waals surface area contributed by atoms with Crippen molar-refractivity contribution in [1.29, 1.82) is 0 Å². The van der Waals surface area contributed by atoms with Crippen molar-refractivity contribution < 1.29 is 4.79 Å². The molecule has 4 nitrogen and oxygen atoms in total. The number of carbonyl (C=O) groups is 1. The van der Waals surface area contributed by atoms with E-state index >= 15 is 0 Å². The number of amides is 1. The largest absolute Gasteiger partial charge is 0.342 e. The number of fused-ring (bicyclic) bond motifs is 1. The van der Waals surface area contributed by atoms with Gasteiger partial charge in [-0.3, -0.25) is 4.79 Å². The lowest BCUT2D eigenvalue weighted by Gasteiger charge is -2.32. The first-order chi connectivity index (χ1) is 13.1. The summed E-state index contributed by atoms with van der Waals surface area (Å²) in [6.07, 6.45) is 4.60. The van der Waals surface area contributed by atoms with E-state index in [2.05, 4.69) is 35.5 Å². The van der Waals surface area contributed by atoms with E-state index in [1.165, 1.54) is 16.6 Å². The fourth-order valence-corrected chi connectivity index (χ4v) is 3.98. The lowest BCUT2D eigenvalue weighted by Crippen LogP contribution is -2.40. The first-order valence-corrected chi connectivity index (χ1v) is 9.84. The van der Waals surface area contributed by atoms with Crippen molar-refractivity contribution in [2.75, 3.05) is 13.1 Å². The highest BCUT2D eigenvalue weighted by Gasteiger charge is 2.23. The molecule has 0 aliphatic carbocycles. The Bertz CT molecular complexity index is 937. The molecule has 1 fully saturated rings. The molecule has 0 radical (unpaired) electrons. The molecule has 1 aliphatic heterocycles. The molecule has 0 unspecified atom stereocenters. The molecule has 27 heavy (non-hydrogen) atoms. The number of imidazole rings is 1. The summed E-state index contributed by atoms with van der Waals surface area (Å²) < 4.78 is 2.29. The van der Waals surface area contributed by atoms with Gasteiger partial charge in [0.25, 0.3) is 0 Å². The summed E-state index contributed by atoms with van der Waals surface area (Å²) in [6.45, 7) is 7.00. The summed E-state index contributed by atoms with van der Waals surface area (Å²) in [5.41, 5.74) is 6.00. The van der Waals surface area contributed by atoms with E-state index in [1.54, 1.807) is 0 Å². The average molecular weight is 361 g/mol. The Morgan fingerprint density at radius 3 is 2.52 bits per heavy atom. The van der Waals surface area contributed by atoms with E-state index in [9.17, 15) is 4.79 Å². The molecule has 1 aliphatic rings. The van der Waals surface area contributed by atoms with Gasteiger partial charge in [-0.1, -0.05) is 30.3 Å². The molecule has 1 aromatic heterocycles. The van der Waals surface area contributed by atoms with Gasteiger partial charge in [-0.15, -0.1) is 0 Å². The molecule has 0 N–H and O–H groups in total. The molecule has 140 valence electrons. The fraction of sp³-hybridized carbons (Fsp3) is 0.391. The number of carbonyl (C=O) groups excluding carboxylic acids is 1. The number of aryl methyl sites for hydroxylation is 2. The maximum Gasteiger partial charge on any atom is 0.226 e. The van der Waals surface area contributed by atoms with E-state index in [0.717, 1.165) is 43.6 Å². The Labute approximate surface area is 160 Å². The number of likely N-dealkylation sites (tertiary alicyclic amines) is 1. The Kier molecular flexibility index (Phi) is 4.97. The number of aromatic nitrogens is 2. The van der Waals surface area contributed by atoms with Crippen molar-refractivity contribution in [3.05, 3.63) is 65.5 Å². The van der Waals surface area contributed by atoms with Crippen molar-refractivity contribution in [2.45, 2.75) is 39.7 Å². The zero-order chi connectivity index (χ0) is 18.8. The SMILES string of the molecule is Cc1cc2ncn(CC3CCN(C(=O)Cc4ccccc4)CC3)c2cc1C. The second kappa shape index (κ2) is 7.55. The van der Waals surface area contributed by atoms with E-state index in [4.69, 9.17) is 0 Å². The predicted molar refractivity (Wildman–Crippen MR) is 109 cm³/mol. The Morgan fingerprint density at radius 1 is 1.07 bits per heavy atom. The number of hydrogen-bond acceptors (Lipinski definition) is 2. The van der Waals surface area contributed by atoms with Gasteiger partial charge in [0.05, 0.1) is 23.8 Å². The maximum atomic E-state index is 12.5. The molecule has 0 spiro atoms. The summed E-state index contributed by atoms with van der Waals surface area (Å²) in [5.74, 6) is 0.851. The van der Waals surface area contributed by atoms with Crippen LogP contribution < -0.4 is 0 Å². The molecular formula is C23H27N3O. The first-order valence-electron chi connectivity index (χ1n) is 9.84. The van der Waals surface area contributed by atoms with Gasteiger partial charge in [0, 0.05) is 19.6 Å². The molecule has 4 heteroatoms. The number of benzene rings is 2. The van der Waals surface area contributed by atoms with Crippen molar-refractivity contribution in [3.8, 4) is 0 Å². The summed E-state index contributed by atoms with van der Waals surface area (Å²) in [6, 6.07) is 14.4. The van der Waals surface area contributed by atoms with Crippen molar-refractivity contribution in [1.82, 2.24) is 14.5 Å². The molecule has 0 atom stereocenters. The number of rotatable bonds is 4. The molecule has 1 saturated heterocycles. The summed E-state index contributed by atoms with van der Waals surface area (Å²) in [5, 5.41) is 0. The summed E-state index contributed by atoms with van der Waals surface area (Å²) >= 11 is 0. The molecule has 4 rings (SSSR count). The lowest BCUT2D eigenvalue weighted by atomic mass is 9.96. The van der Waals surface area contributed by atoms with Gasteiger partial charge in [0.1, 0.15) is 0 Å². The van der Waals surface area contributed by atoms with Gasteiger partial charge >= 0.3 is 0 Å². The van der Waals surface area contributed by atoms with Crippen LogP contribution in [-0.2, 0) is 17.8 Å². The summed E-state index contributed by atoms with van der Waals surface area (Å²) in [7, 11) is 0. The van der Waals surface area contributed by atoms with E-state index < -0.39 is 0 Å². The monoisotopic (exact) mass is 361 g/mol. The van der Waals surface area contributed by atoms with Crippen LogP contribution in [-0.4, -0.2) is 33.4 Å². The zero-order valence-corrected chi connectivity index (χ0v) is 16.2. The normalized spacial score (nSPS) is 15.4. The molecule has 1 amide bonds. The lowest BCUT2D eigenvalue weighted by molar-refractivity contribution is -0.131. The first kappa shape index (κ1) is 17.8. The van der Waals surface area contributed by atoms with Crippen LogP contribution in [0.2, 0.25) is 0 Å². The number of nitrogens with zero attached hydrogens (tertiary/aromatic N) is 3. The average Bonchev–Trinajstić information content (AvgIpc) is 3.05. The van der Waals surface area contributed by atoms with Crippen LogP contribution in [0.15, 0.2) is 48.8 Å². The highest BCUT2D eigenvalue weighted by molar-refractivity contribution is 5.79. The molecular weight excluding hydrogens is 334 g/mol. The van der Waals surface area contributed by atoms with E-state index in [-0.39, 0.29) is 5.91 Å². The maximum absolute atomic E-state index is 12.5. The standard InChI is InChI=1S/C23H27N3O/c1-17-12-21-22(13-18(17)2)26(16-24-21)15-20-8-10-25(11-9-20)23(27)14-19-6-4-3-5-7-19/h3-7,12-13,16,20H,8-11,14-15H2,1-2H3. The van der Waals surface area contributed by atoms with Crippen LogP contribution in [0.4, 0.5) is 0 Å². The highest BCUT2D eigenvalue weighted by Crippen LogP contribution is 2.24. The quantitative estimate of drug-likeness (QED) is 0.701. The van der Waals surface area contributed by atoms with Gasteiger partial charge in [-0.05, 0) is 61.4 Å². The second-order valence-electron chi connectivity index (χ2n) is 7.81. The topological polar surface area (TPSA) is 38.1 Å². The van der Waals surface area contributed by atoms with Gasteiger partial charge in [-0.25, -0.2) is 4.98 Å². The molecule has 0 saturated carbocycles. The van der Waals surface area contributed by atoms with Crippen LogP contribution in [0.3, 0.4) is 0 Å². The van der Waals surface area contributed by atoms with Gasteiger partial charge in [-0.2, -0.15) is 0 Å². The minimum Gasteiger partial charge on any atom is -0.342 e. The Morgan fingerprint density at radius 2 is 1.78 bits per heavy atom. The zero-order valence-electron chi connectivity index (χ0n) is 16.2. The molecule has 0 bridgehead atoms. The van der Waals surface area contributed by atoms with E-state index in [0.29, 0.717) is 12.3 Å². The fourth-order valence-electron chi connectivity index (χ4n) is 3.98. The van der Waals surface area contributed by atoms with Gasteiger partial charge in [0.2, 0.25) is 5.91 Å². The van der Waals surface area contributed by atoms with Crippen LogP contribution in [0, 0.1) is 19.8 Å². The Balaban J connectivity index is 1.36. The summed E-state index contributed by atoms with van der Waals surface area (Å²) in [4.78, 5) is 19.2. The van der Waals surface area contributed by atoms with Crippen LogP contribution >= 0.6 is 0 Å². The van der Waals surface area contributed by atoms with Crippen molar-refractivity contribution >= 4 is 16.9 Å². The predicted octanol–water partition coefficient (Wildman–Crippen LogP) is 4.13. The highest BCUT2D eigenvalue weighted by atomic mass is 16.2. The third-order valence-corrected chi connectivity index (χ3v) is 5.86. The minimum absolute atomic E-state index is 0.249. The smallest absolute Gasteiger partial charge is 0.226 e. The minimum atomic E-state index is 0.249. The van der Waals surface area contributed by atoms with Crippen molar-refractivity contribution in [2.24, 2.45) is 5.92 Å². The van der Waals surface area contributed by atoms with Gasteiger partial charge in [0.15, 0.2) is 0 Å². The third kappa shape index (κ3) is 3.90. The molecule has 3 aromatic rings. The van der Waals surface area contributed by atoms with Crippen LogP contribution in [0.1, 0.15) is 29.5 Å². The molecule has 2 heterocycles. The Hall–Kier alpha value is -2.62. The van der Waals surface area contributed by atoms with E-state index in [1.807, 2.05) is 41.6 Å². The second-order valence-corrected chi connectivity index (χ2v) is 7.81. The molecule has 2 aromatic carbocycles. The number of hydrogen-bond donors (Lipinski definition) is 0.